The number of aromatic nitrogens is 3. The van der Waals surface area contributed by atoms with Crippen LogP contribution in [0.15, 0.2) is 24.3 Å². The highest BCUT2D eigenvalue weighted by molar-refractivity contribution is 7.19. The van der Waals surface area contributed by atoms with Gasteiger partial charge in [0, 0.05) is 36.1 Å². The molecule has 0 bridgehead atoms. The van der Waals surface area contributed by atoms with Crippen LogP contribution in [0.25, 0.3) is 4.96 Å². The summed E-state index contributed by atoms with van der Waals surface area (Å²) in [5, 5.41) is 11.5. The van der Waals surface area contributed by atoms with Crippen molar-refractivity contribution < 1.29 is 4.79 Å². The molecule has 1 amide bonds. The maximum absolute atomic E-state index is 12.8. The number of benzene rings is 1. The number of fused-ring (bicyclic) bond motifs is 1. The van der Waals surface area contributed by atoms with Crippen LogP contribution < -0.4 is 10.2 Å². The number of aryl methyl sites for hydroxylation is 1. The third kappa shape index (κ3) is 2.96. The Balaban J connectivity index is 1.54. The van der Waals surface area contributed by atoms with Crippen molar-refractivity contribution in [1.29, 1.82) is 0 Å². The highest BCUT2D eigenvalue weighted by atomic mass is 32.1. The lowest BCUT2D eigenvalue weighted by molar-refractivity contribution is 0.102. The summed E-state index contributed by atoms with van der Waals surface area (Å²) in [5.74, 6) is 1.05. The molecule has 3 aromatic rings. The number of carbonyl (C=O) groups is 1. The molecule has 4 rings (SSSR count). The topological polar surface area (TPSA) is 62.5 Å². The average molecular weight is 369 g/mol. The number of nitrogens with zero attached hydrogens (tertiary/aromatic N) is 4. The van der Waals surface area contributed by atoms with Crippen LogP contribution in [0.4, 0.5) is 11.4 Å². The third-order valence-electron chi connectivity index (χ3n) is 4.83. The van der Waals surface area contributed by atoms with Crippen LogP contribution in [-0.2, 0) is 0 Å². The second-order valence-electron chi connectivity index (χ2n) is 7.04. The SMILES string of the molecule is Cc1c(C(=O)Nc2ccc(N3CCCC3)cc2)sc2nnc(C(C)C)n12. The van der Waals surface area contributed by atoms with E-state index in [2.05, 4.69) is 46.4 Å². The predicted molar refractivity (Wildman–Crippen MR) is 106 cm³/mol. The Morgan fingerprint density at radius 3 is 2.50 bits per heavy atom. The van der Waals surface area contributed by atoms with Gasteiger partial charge in [0.1, 0.15) is 10.7 Å². The fourth-order valence-electron chi connectivity index (χ4n) is 3.43. The molecule has 7 heteroatoms. The second kappa shape index (κ2) is 6.72. The molecule has 2 aromatic heterocycles. The Bertz CT molecular complexity index is 935. The number of anilines is 2. The van der Waals surface area contributed by atoms with Gasteiger partial charge in [-0.1, -0.05) is 25.2 Å². The van der Waals surface area contributed by atoms with Crippen LogP contribution in [0.1, 0.15) is 53.8 Å². The number of rotatable bonds is 4. The van der Waals surface area contributed by atoms with Crippen LogP contribution in [0.3, 0.4) is 0 Å². The number of hydrogen-bond acceptors (Lipinski definition) is 5. The Morgan fingerprint density at radius 1 is 1.15 bits per heavy atom. The first-order chi connectivity index (χ1) is 12.5. The Kier molecular flexibility index (Phi) is 4.40. The van der Waals surface area contributed by atoms with Crippen molar-refractivity contribution in [2.24, 2.45) is 0 Å². The number of thiazole rings is 1. The molecular formula is C19H23N5OS. The summed E-state index contributed by atoms with van der Waals surface area (Å²) < 4.78 is 1.99. The van der Waals surface area contributed by atoms with Crippen LogP contribution in [-0.4, -0.2) is 33.6 Å². The van der Waals surface area contributed by atoms with Crippen molar-refractivity contribution in [3.8, 4) is 0 Å². The van der Waals surface area contributed by atoms with Gasteiger partial charge in [0.05, 0.1) is 0 Å². The van der Waals surface area contributed by atoms with Crippen LogP contribution in [0.5, 0.6) is 0 Å². The summed E-state index contributed by atoms with van der Waals surface area (Å²) >= 11 is 1.38. The van der Waals surface area contributed by atoms with E-state index in [1.165, 1.54) is 29.9 Å². The molecular weight excluding hydrogens is 346 g/mol. The van der Waals surface area contributed by atoms with E-state index < -0.39 is 0 Å². The van der Waals surface area contributed by atoms with Crippen molar-refractivity contribution in [3.63, 3.8) is 0 Å². The normalized spacial score (nSPS) is 14.5. The molecule has 1 aliphatic rings. The van der Waals surface area contributed by atoms with E-state index in [0.717, 1.165) is 35.3 Å². The summed E-state index contributed by atoms with van der Waals surface area (Å²) in [4.78, 5) is 16.6. The average Bonchev–Trinajstić information content (AvgIpc) is 3.33. The number of carbonyl (C=O) groups excluding carboxylic acids is 1. The van der Waals surface area contributed by atoms with Crippen molar-refractivity contribution >= 4 is 33.6 Å². The Morgan fingerprint density at radius 2 is 1.85 bits per heavy atom. The van der Waals surface area contributed by atoms with Crippen LogP contribution in [0, 0.1) is 6.92 Å². The van der Waals surface area contributed by atoms with Gasteiger partial charge in [-0.05, 0) is 44.0 Å². The van der Waals surface area contributed by atoms with Gasteiger partial charge in [0.2, 0.25) is 4.96 Å². The zero-order chi connectivity index (χ0) is 18.3. The van der Waals surface area contributed by atoms with Gasteiger partial charge in [0.15, 0.2) is 0 Å². The maximum atomic E-state index is 12.8. The minimum atomic E-state index is -0.0957. The van der Waals surface area contributed by atoms with Gasteiger partial charge in [-0.2, -0.15) is 0 Å². The molecule has 3 heterocycles. The van der Waals surface area contributed by atoms with Gasteiger partial charge in [0.25, 0.3) is 5.91 Å². The molecule has 0 radical (unpaired) electrons. The smallest absolute Gasteiger partial charge is 0.267 e. The third-order valence-corrected chi connectivity index (χ3v) is 5.97. The molecule has 0 saturated carbocycles. The first kappa shape index (κ1) is 17.0. The zero-order valence-electron chi connectivity index (χ0n) is 15.3. The monoisotopic (exact) mass is 369 g/mol. The van der Waals surface area contributed by atoms with E-state index in [1.807, 2.05) is 23.5 Å². The summed E-state index contributed by atoms with van der Waals surface area (Å²) in [7, 11) is 0. The lowest BCUT2D eigenvalue weighted by Crippen LogP contribution is -2.17. The van der Waals surface area contributed by atoms with Crippen LogP contribution in [0.2, 0.25) is 0 Å². The molecule has 136 valence electrons. The minimum Gasteiger partial charge on any atom is -0.372 e. The summed E-state index contributed by atoms with van der Waals surface area (Å²) in [6.45, 7) is 8.34. The molecule has 0 atom stereocenters. The Hall–Kier alpha value is -2.41. The summed E-state index contributed by atoms with van der Waals surface area (Å²) in [5.41, 5.74) is 2.93. The van der Waals surface area contributed by atoms with E-state index in [9.17, 15) is 4.79 Å². The molecule has 0 aliphatic carbocycles. The molecule has 1 aliphatic heterocycles. The van der Waals surface area contributed by atoms with Crippen molar-refractivity contribution in [2.45, 2.75) is 39.5 Å². The quantitative estimate of drug-likeness (QED) is 0.753. The number of amides is 1. The molecule has 1 fully saturated rings. The number of nitrogens with one attached hydrogen (secondary N) is 1. The zero-order valence-corrected chi connectivity index (χ0v) is 16.1. The van der Waals surface area contributed by atoms with Gasteiger partial charge in [-0.25, -0.2) is 0 Å². The maximum Gasteiger partial charge on any atom is 0.267 e. The van der Waals surface area contributed by atoms with E-state index in [1.54, 1.807) is 0 Å². The molecule has 1 aromatic carbocycles. The first-order valence-corrected chi connectivity index (χ1v) is 9.87. The summed E-state index contributed by atoms with van der Waals surface area (Å²) in [6.07, 6.45) is 2.51. The highest BCUT2D eigenvalue weighted by Gasteiger charge is 2.21. The lowest BCUT2D eigenvalue weighted by atomic mass is 10.2. The molecule has 0 spiro atoms. The second-order valence-corrected chi connectivity index (χ2v) is 8.02. The van der Waals surface area contributed by atoms with Crippen molar-refractivity contribution in [2.75, 3.05) is 23.3 Å². The van der Waals surface area contributed by atoms with E-state index in [-0.39, 0.29) is 11.8 Å². The van der Waals surface area contributed by atoms with Crippen LogP contribution >= 0.6 is 11.3 Å². The van der Waals surface area contributed by atoms with Gasteiger partial charge < -0.3 is 10.2 Å². The van der Waals surface area contributed by atoms with E-state index in [0.29, 0.717) is 4.88 Å². The van der Waals surface area contributed by atoms with Gasteiger partial charge in [-0.3, -0.25) is 9.20 Å². The molecule has 6 nitrogen and oxygen atoms in total. The van der Waals surface area contributed by atoms with Crippen molar-refractivity contribution in [3.05, 3.63) is 40.7 Å². The molecule has 0 unspecified atom stereocenters. The fraction of sp³-hybridized carbons (Fsp3) is 0.421. The molecule has 1 N–H and O–H groups in total. The standard InChI is InChI=1S/C19H23N5OS/c1-12(2)17-21-22-19-24(17)13(3)16(26-19)18(25)20-14-6-8-15(9-7-14)23-10-4-5-11-23/h6-9,12H,4-5,10-11H2,1-3H3,(H,20,25). The largest absolute Gasteiger partial charge is 0.372 e. The van der Waals surface area contributed by atoms with Gasteiger partial charge in [-0.15, -0.1) is 10.2 Å². The highest BCUT2D eigenvalue weighted by Crippen LogP contribution is 2.27. The molecule has 1 saturated heterocycles. The summed E-state index contributed by atoms with van der Waals surface area (Å²) in [6, 6.07) is 8.10. The first-order valence-electron chi connectivity index (χ1n) is 9.05. The lowest BCUT2D eigenvalue weighted by Gasteiger charge is -2.17. The van der Waals surface area contributed by atoms with E-state index in [4.69, 9.17) is 0 Å². The van der Waals surface area contributed by atoms with Crippen molar-refractivity contribution in [1.82, 2.24) is 14.6 Å². The number of hydrogen-bond donors (Lipinski definition) is 1. The van der Waals surface area contributed by atoms with E-state index >= 15 is 0 Å². The predicted octanol–water partition coefficient (Wildman–Crippen LogP) is 4.08. The van der Waals surface area contributed by atoms with Gasteiger partial charge >= 0.3 is 0 Å². The molecule has 26 heavy (non-hydrogen) atoms. The fourth-order valence-corrected chi connectivity index (χ4v) is 4.40. The Labute approximate surface area is 156 Å². The minimum absolute atomic E-state index is 0.0957.